The van der Waals surface area contributed by atoms with E-state index < -0.39 is 0 Å². The van der Waals surface area contributed by atoms with Crippen molar-refractivity contribution in [2.45, 2.75) is 66.1 Å². The van der Waals surface area contributed by atoms with Gasteiger partial charge in [-0.15, -0.1) is 0 Å². The predicted molar refractivity (Wildman–Crippen MR) is 69.4 cm³/mol. The van der Waals surface area contributed by atoms with E-state index in [4.69, 9.17) is 0 Å². The Morgan fingerprint density at radius 2 is 1.27 bits per heavy atom. The van der Waals surface area contributed by atoms with Crippen LogP contribution in [0.3, 0.4) is 0 Å². The lowest BCUT2D eigenvalue weighted by Gasteiger charge is -2.36. The smallest absolute Gasteiger partial charge is 0.0122 e. The molecule has 0 bridgehead atoms. The lowest BCUT2D eigenvalue weighted by Crippen LogP contribution is -2.46. The predicted octanol–water partition coefficient (Wildman–Crippen LogP) is 2.84. The van der Waals surface area contributed by atoms with Gasteiger partial charge in [0.1, 0.15) is 0 Å². The Balaban J connectivity index is 4.12. The van der Waals surface area contributed by atoms with Crippen LogP contribution in [0.15, 0.2) is 0 Å². The fourth-order valence-electron chi connectivity index (χ4n) is 1.71. The molecule has 0 aromatic rings. The summed E-state index contributed by atoms with van der Waals surface area (Å²) >= 11 is 0. The number of hydrogen-bond donors (Lipinski definition) is 0. The average molecular weight is 214 g/mol. The average Bonchev–Trinajstić information content (AvgIpc) is 2.00. The molecule has 0 radical (unpaired) electrons. The molecular formula is C13H30N2. The van der Waals surface area contributed by atoms with E-state index >= 15 is 0 Å². The highest BCUT2D eigenvalue weighted by Crippen LogP contribution is 2.11. The summed E-state index contributed by atoms with van der Waals surface area (Å²) in [5.74, 6) is 0. The largest absolute Gasteiger partial charge is 0.300 e. The van der Waals surface area contributed by atoms with Crippen LogP contribution in [0.2, 0.25) is 0 Å². The highest BCUT2D eigenvalue weighted by atomic mass is 15.2. The van der Waals surface area contributed by atoms with E-state index in [2.05, 4.69) is 65.3 Å². The van der Waals surface area contributed by atoms with Crippen LogP contribution in [0, 0.1) is 0 Å². The third-order valence-corrected chi connectivity index (χ3v) is 3.17. The standard InChI is InChI=1S/C13H30N2/c1-11(2)15(12(3)4)10-9-14(8)13(5,6)7/h11-12H,9-10H2,1-8H3. The molecule has 92 valence electrons. The van der Waals surface area contributed by atoms with Crippen LogP contribution in [0.5, 0.6) is 0 Å². The number of hydrogen-bond acceptors (Lipinski definition) is 2. The van der Waals surface area contributed by atoms with Crippen molar-refractivity contribution in [2.24, 2.45) is 0 Å². The van der Waals surface area contributed by atoms with Crippen molar-refractivity contribution in [3.05, 3.63) is 0 Å². The lowest BCUT2D eigenvalue weighted by molar-refractivity contribution is 0.114. The molecule has 0 spiro atoms. The summed E-state index contributed by atoms with van der Waals surface area (Å²) in [5.41, 5.74) is 0.277. The van der Waals surface area contributed by atoms with Crippen molar-refractivity contribution in [2.75, 3.05) is 20.1 Å². The molecule has 0 aliphatic rings. The summed E-state index contributed by atoms with van der Waals surface area (Å²) in [4.78, 5) is 4.97. The molecule has 0 heterocycles. The number of nitrogens with zero attached hydrogens (tertiary/aromatic N) is 2. The summed E-state index contributed by atoms with van der Waals surface area (Å²) in [6.07, 6.45) is 0. The van der Waals surface area contributed by atoms with E-state index in [0.717, 1.165) is 13.1 Å². The van der Waals surface area contributed by atoms with Crippen LogP contribution in [0.25, 0.3) is 0 Å². The summed E-state index contributed by atoms with van der Waals surface area (Å²) < 4.78 is 0. The zero-order valence-corrected chi connectivity index (χ0v) is 12.0. The van der Waals surface area contributed by atoms with E-state index in [9.17, 15) is 0 Å². The zero-order valence-electron chi connectivity index (χ0n) is 12.0. The first-order valence-corrected chi connectivity index (χ1v) is 6.13. The molecule has 2 heteroatoms. The van der Waals surface area contributed by atoms with Gasteiger partial charge in [-0.05, 0) is 55.5 Å². The molecule has 0 aromatic heterocycles. The molecule has 0 rings (SSSR count). The fraction of sp³-hybridized carbons (Fsp3) is 1.00. The molecule has 0 unspecified atom stereocenters. The molecule has 2 nitrogen and oxygen atoms in total. The van der Waals surface area contributed by atoms with E-state index in [1.54, 1.807) is 0 Å². The van der Waals surface area contributed by atoms with Gasteiger partial charge < -0.3 is 4.90 Å². The monoisotopic (exact) mass is 214 g/mol. The van der Waals surface area contributed by atoms with E-state index in [-0.39, 0.29) is 5.54 Å². The van der Waals surface area contributed by atoms with Gasteiger partial charge in [0.25, 0.3) is 0 Å². The van der Waals surface area contributed by atoms with Gasteiger partial charge >= 0.3 is 0 Å². The van der Waals surface area contributed by atoms with Crippen LogP contribution in [-0.2, 0) is 0 Å². The quantitative estimate of drug-likeness (QED) is 0.694. The van der Waals surface area contributed by atoms with Gasteiger partial charge in [-0.2, -0.15) is 0 Å². The molecule has 15 heavy (non-hydrogen) atoms. The second-order valence-corrected chi connectivity index (χ2v) is 6.02. The molecule has 0 aromatic carbocycles. The van der Waals surface area contributed by atoms with Gasteiger partial charge in [0, 0.05) is 30.7 Å². The third kappa shape index (κ3) is 5.53. The molecule has 0 aliphatic heterocycles. The molecule has 0 fully saturated rings. The third-order valence-electron chi connectivity index (χ3n) is 3.17. The summed E-state index contributed by atoms with van der Waals surface area (Å²) in [6.45, 7) is 18.2. The Hall–Kier alpha value is -0.0800. The van der Waals surface area contributed by atoms with Crippen molar-refractivity contribution in [1.82, 2.24) is 9.80 Å². The van der Waals surface area contributed by atoms with Gasteiger partial charge in [0.2, 0.25) is 0 Å². The lowest BCUT2D eigenvalue weighted by atomic mass is 10.1. The van der Waals surface area contributed by atoms with Crippen LogP contribution >= 0.6 is 0 Å². The first kappa shape index (κ1) is 14.9. The fourth-order valence-corrected chi connectivity index (χ4v) is 1.71. The van der Waals surface area contributed by atoms with Gasteiger partial charge in [-0.3, -0.25) is 4.90 Å². The van der Waals surface area contributed by atoms with Gasteiger partial charge in [0.05, 0.1) is 0 Å². The van der Waals surface area contributed by atoms with Gasteiger partial charge in [0.15, 0.2) is 0 Å². The van der Waals surface area contributed by atoms with E-state index in [1.165, 1.54) is 0 Å². The Morgan fingerprint density at radius 1 is 0.867 bits per heavy atom. The number of likely N-dealkylation sites (N-methyl/N-ethyl adjacent to an activating group) is 1. The normalized spacial score (nSPS) is 13.6. The van der Waals surface area contributed by atoms with Crippen molar-refractivity contribution in [3.8, 4) is 0 Å². The number of rotatable bonds is 5. The summed E-state index contributed by atoms with van der Waals surface area (Å²) in [7, 11) is 2.21. The Kier molecular flexibility index (Phi) is 5.82. The van der Waals surface area contributed by atoms with Crippen molar-refractivity contribution in [1.29, 1.82) is 0 Å². The van der Waals surface area contributed by atoms with Crippen LogP contribution in [0.1, 0.15) is 48.5 Å². The first-order valence-electron chi connectivity index (χ1n) is 6.13. The van der Waals surface area contributed by atoms with Crippen LogP contribution in [-0.4, -0.2) is 47.6 Å². The Bertz CT molecular complexity index is 160. The zero-order chi connectivity index (χ0) is 12.2. The van der Waals surface area contributed by atoms with Gasteiger partial charge in [-0.1, -0.05) is 0 Å². The maximum atomic E-state index is 2.54. The second-order valence-electron chi connectivity index (χ2n) is 6.02. The van der Waals surface area contributed by atoms with Crippen molar-refractivity contribution < 1.29 is 0 Å². The molecule has 0 aliphatic carbocycles. The SMILES string of the molecule is CC(C)N(CCN(C)C(C)(C)C)C(C)C. The first-order chi connectivity index (χ1) is 6.66. The maximum absolute atomic E-state index is 2.54. The Morgan fingerprint density at radius 3 is 1.53 bits per heavy atom. The van der Waals surface area contributed by atoms with Crippen LogP contribution < -0.4 is 0 Å². The topological polar surface area (TPSA) is 6.48 Å². The van der Waals surface area contributed by atoms with E-state index in [1.807, 2.05) is 0 Å². The molecule has 0 atom stereocenters. The maximum Gasteiger partial charge on any atom is 0.0122 e. The van der Waals surface area contributed by atoms with E-state index in [0.29, 0.717) is 12.1 Å². The molecule has 0 amide bonds. The molecular weight excluding hydrogens is 184 g/mol. The molecule has 0 N–H and O–H groups in total. The highest BCUT2D eigenvalue weighted by Gasteiger charge is 2.19. The minimum absolute atomic E-state index is 0.277. The van der Waals surface area contributed by atoms with Crippen molar-refractivity contribution in [3.63, 3.8) is 0 Å². The van der Waals surface area contributed by atoms with Gasteiger partial charge in [-0.25, -0.2) is 0 Å². The molecule has 0 saturated carbocycles. The Labute approximate surface area is 96.6 Å². The summed E-state index contributed by atoms with van der Waals surface area (Å²) in [6, 6.07) is 1.27. The summed E-state index contributed by atoms with van der Waals surface area (Å²) in [5, 5.41) is 0. The second kappa shape index (κ2) is 5.86. The minimum Gasteiger partial charge on any atom is -0.300 e. The molecule has 0 saturated heterocycles. The minimum atomic E-state index is 0.277. The highest BCUT2D eigenvalue weighted by molar-refractivity contribution is 4.75. The van der Waals surface area contributed by atoms with Crippen LogP contribution in [0.4, 0.5) is 0 Å². The van der Waals surface area contributed by atoms with Crippen molar-refractivity contribution >= 4 is 0 Å².